The smallest absolute Gasteiger partial charge is 0.143 e. The average molecular weight is 511 g/mol. The highest BCUT2D eigenvalue weighted by Crippen LogP contribution is 2.42. The fourth-order valence-corrected chi connectivity index (χ4v) is 6.71. The van der Waals surface area contributed by atoms with Gasteiger partial charge in [0.15, 0.2) is 0 Å². The molecule has 0 atom stereocenters. The summed E-state index contributed by atoms with van der Waals surface area (Å²) >= 11 is 0. The molecule has 0 aliphatic heterocycles. The Morgan fingerprint density at radius 1 is 0.425 bits per heavy atom. The predicted octanol–water partition coefficient (Wildman–Crippen LogP) is 8.51. The molecule has 3 heterocycles. The highest BCUT2D eigenvalue weighted by molar-refractivity contribution is 6.44. The van der Waals surface area contributed by atoms with Crippen molar-refractivity contribution in [1.29, 1.82) is 0 Å². The van der Waals surface area contributed by atoms with Crippen LogP contribution in [0.3, 0.4) is 0 Å². The van der Waals surface area contributed by atoms with E-state index < -0.39 is 0 Å². The van der Waals surface area contributed by atoms with Crippen molar-refractivity contribution >= 4 is 79.0 Å². The zero-order chi connectivity index (χ0) is 26.4. The zero-order valence-electron chi connectivity index (χ0n) is 21.8. The van der Waals surface area contributed by atoms with Crippen LogP contribution in [0.5, 0.6) is 0 Å². The molecule has 0 saturated heterocycles. The molecule has 0 amide bonds. The molecule has 9 aromatic rings. The van der Waals surface area contributed by atoms with Gasteiger partial charge in [0, 0.05) is 38.0 Å². The fraction of sp³-hybridized carbons (Fsp3) is 0. The van der Waals surface area contributed by atoms with Gasteiger partial charge in [-0.05, 0) is 53.6 Å². The van der Waals surface area contributed by atoms with Gasteiger partial charge in [0.05, 0.1) is 11.0 Å². The Balaban J connectivity index is 1.41. The number of nitrogens with zero attached hydrogens (tertiary/aromatic N) is 1. The number of hydrogen-bond donors (Lipinski definition) is 0. The first kappa shape index (κ1) is 21.7. The van der Waals surface area contributed by atoms with Crippen molar-refractivity contribution in [3.63, 3.8) is 0 Å². The van der Waals surface area contributed by atoms with E-state index in [4.69, 9.17) is 8.83 Å². The van der Waals surface area contributed by atoms with Gasteiger partial charge in [-0.3, -0.25) is 0 Å². The third-order valence-electron chi connectivity index (χ3n) is 8.41. The van der Waals surface area contributed by atoms with Gasteiger partial charge in [-0.2, -0.15) is 0 Å². The lowest BCUT2D eigenvalue weighted by Gasteiger charge is -2.13. The number of fused-ring (bicyclic) bond motifs is 9. The van der Waals surface area contributed by atoms with Crippen molar-refractivity contribution < 1.29 is 8.83 Å². The number of rotatable bonds is 2. The van der Waals surface area contributed by atoms with Gasteiger partial charge >= 0.3 is 0 Å². The van der Waals surface area contributed by atoms with E-state index in [0.29, 0.717) is 0 Å². The normalized spacial score (nSPS) is 12.1. The van der Waals surface area contributed by atoms with Crippen LogP contribution in [0.2, 0.25) is 0 Å². The molecule has 0 radical (unpaired) electrons. The molecule has 9 rings (SSSR count). The Hall–Kier alpha value is -5.22. The summed E-state index contributed by atoms with van der Waals surface area (Å²) in [5.74, 6) is 0. The van der Waals surface area contributed by atoms with Gasteiger partial charge in [0.2, 0.25) is 0 Å². The van der Waals surface area contributed by atoms with Crippen molar-refractivity contribution in [2.75, 3.05) is 0 Å². The van der Waals surface area contributed by atoms with E-state index in [2.05, 4.69) is 122 Å². The monoisotopic (exact) mass is 511 g/mol. The number of hydrogen-bond acceptors (Lipinski definition) is 2. The minimum absolute atomic E-state index is 0.889. The molecule has 4 heteroatoms. The molecule has 0 fully saturated rings. The maximum absolute atomic E-state index is 6.49. The molecule has 0 bridgehead atoms. The molecule has 0 unspecified atom stereocenters. The summed E-state index contributed by atoms with van der Waals surface area (Å²) in [6, 6.07) is 42.6. The highest BCUT2D eigenvalue weighted by Gasteiger charge is 2.21. The Labute approximate surface area is 230 Å². The van der Waals surface area contributed by atoms with Crippen molar-refractivity contribution in [2.24, 2.45) is 0 Å². The third-order valence-corrected chi connectivity index (χ3v) is 8.41. The number of furan rings is 2. The third kappa shape index (κ3) is 2.80. The Kier molecular flexibility index (Phi) is 4.29. The molecule has 0 aliphatic rings. The van der Waals surface area contributed by atoms with Gasteiger partial charge in [-0.15, -0.1) is 0 Å². The molecule has 186 valence electrons. The standard InChI is InChI=1S/C36H22BNO2/c37-36-28(38-26-14-4-1-9-21(26)22-10-2-5-15-27(22)38)19-20-32-35(36)34-24(13-8-18-31(34)40-32)23-12-7-17-30-33(23)25-11-3-6-16-29(25)39-30/h1-20H,37H2. The summed E-state index contributed by atoms with van der Waals surface area (Å²) < 4.78 is 15.1. The summed E-state index contributed by atoms with van der Waals surface area (Å²) in [5, 5.41) is 7.06. The fourth-order valence-electron chi connectivity index (χ4n) is 6.71. The van der Waals surface area contributed by atoms with E-state index in [1.165, 1.54) is 27.3 Å². The van der Waals surface area contributed by atoms with Crippen LogP contribution in [0.25, 0.3) is 82.5 Å². The van der Waals surface area contributed by atoms with E-state index in [0.717, 1.165) is 60.7 Å². The van der Waals surface area contributed by atoms with E-state index >= 15 is 0 Å². The summed E-state index contributed by atoms with van der Waals surface area (Å²) in [6.45, 7) is 0. The lowest BCUT2D eigenvalue weighted by Crippen LogP contribution is -2.13. The topological polar surface area (TPSA) is 31.2 Å². The van der Waals surface area contributed by atoms with E-state index in [9.17, 15) is 0 Å². The molecular weight excluding hydrogens is 489 g/mol. The zero-order valence-corrected chi connectivity index (χ0v) is 21.8. The van der Waals surface area contributed by atoms with E-state index in [1.54, 1.807) is 0 Å². The number of benzene rings is 6. The quantitative estimate of drug-likeness (QED) is 0.218. The van der Waals surface area contributed by atoms with Crippen LogP contribution >= 0.6 is 0 Å². The Bertz CT molecular complexity index is 2400. The lowest BCUT2D eigenvalue weighted by molar-refractivity contribution is 0.668. The molecule has 6 aromatic carbocycles. The first-order chi connectivity index (χ1) is 19.8. The SMILES string of the molecule is Bc1c(-n2c3ccccc3c3ccccc32)ccc2oc3cccc(-c4cccc5oc6ccccc6c45)c3c12. The Morgan fingerprint density at radius 3 is 1.68 bits per heavy atom. The molecule has 3 nitrogen and oxygen atoms in total. The second-order valence-electron chi connectivity index (χ2n) is 10.5. The summed E-state index contributed by atoms with van der Waals surface area (Å²) in [6.07, 6.45) is 0. The van der Waals surface area contributed by atoms with Gasteiger partial charge in [0.25, 0.3) is 0 Å². The van der Waals surface area contributed by atoms with Crippen LogP contribution in [0.15, 0.2) is 130 Å². The average Bonchev–Trinajstić information content (AvgIpc) is 3.67. The molecule has 0 N–H and O–H groups in total. The van der Waals surface area contributed by atoms with Crippen molar-refractivity contribution in [3.8, 4) is 16.8 Å². The van der Waals surface area contributed by atoms with Crippen molar-refractivity contribution in [1.82, 2.24) is 4.57 Å². The predicted molar refractivity (Wildman–Crippen MR) is 169 cm³/mol. The van der Waals surface area contributed by atoms with Crippen molar-refractivity contribution in [3.05, 3.63) is 121 Å². The minimum Gasteiger partial charge on any atom is -0.456 e. The largest absolute Gasteiger partial charge is 0.456 e. The summed E-state index contributed by atoms with van der Waals surface area (Å²) in [5.41, 5.74) is 10.6. The summed E-state index contributed by atoms with van der Waals surface area (Å²) in [7, 11) is 2.22. The van der Waals surface area contributed by atoms with Gasteiger partial charge in [-0.25, -0.2) is 0 Å². The first-order valence-electron chi connectivity index (χ1n) is 13.6. The molecule has 0 saturated carbocycles. The van der Waals surface area contributed by atoms with Crippen LogP contribution in [-0.2, 0) is 0 Å². The first-order valence-corrected chi connectivity index (χ1v) is 13.6. The molecule has 0 aliphatic carbocycles. The van der Waals surface area contributed by atoms with Crippen LogP contribution in [-0.4, -0.2) is 12.4 Å². The Morgan fingerprint density at radius 2 is 0.950 bits per heavy atom. The van der Waals surface area contributed by atoms with E-state index in [1.807, 2.05) is 12.1 Å². The van der Waals surface area contributed by atoms with Crippen molar-refractivity contribution in [2.45, 2.75) is 0 Å². The number of para-hydroxylation sites is 3. The molecule has 3 aromatic heterocycles. The summed E-state index contributed by atoms with van der Waals surface area (Å²) in [4.78, 5) is 0. The van der Waals surface area contributed by atoms with Crippen LogP contribution in [0.1, 0.15) is 0 Å². The second-order valence-corrected chi connectivity index (χ2v) is 10.5. The molecule has 0 spiro atoms. The highest BCUT2D eigenvalue weighted by atomic mass is 16.3. The van der Waals surface area contributed by atoms with E-state index in [-0.39, 0.29) is 0 Å². The maximum atomic E-state index is 6.49. The van der Waals surface area contributed by atoms with Gasteiger partial charge in [0.1, 0.15) is 30.2 Å². The maximum Gasteiger partial charge on any atom is 0.143 e. The minimum atomic E-state index is 0.889. The van der Waals surface area contributed by atoms with Gasteiger partial charge in [-0.1, -0.05) is 84.3 Å². The van der Waals surface area contributed by atoms with Crippen LogP contribution < -0.4 is 5.46 Å². The number of aromatic nitrogens is 1. The van der Waals surface area contributed by atoms with Crippen LogP contribution in [0, 0.1) is 0 Å². The van der Waals surface area contributed by atoms with Crippen LogP contribution in [0.4, 0.5) is 0 Å². The second kappa shape index (κ2) is 7.90. The van der Waals surface area contributed by atoms with Gasteiger partial charge < -0.3 is 13.4 Å². The molecular formula is C36H22BNO2. The lowest BCUT2D eigenvalue weighted by atomic mass is 9.86. The molecule has 40 heavy (non-hydrogen) atoms.